The van der Waals surface area contributed by atoms with Crippen LogP contribution in [0.3, 0.4) is 0 Å². The van der Waals surface area contributed by atoms with Gasteiger partial charge in [0.25, 0.3) is 5.91 Å². The summed E-state index contributed by atoms with van der Waals surface area (Å²) in [7, 11) is 3.88. The molecule has 1 N–H and O–H groups in total. The minimum Gasteiger partial charge on any atom is -0.350 e. The van der Waals surface area contributed by atoms with E-state index in [-0.39, 0.29) is 5.91 Å². The molecule has 0 saturated heterocycles. The molecule has 0 radical (unpaired) electrons. The van der Waals surface area contributed by atoms with Gasteiger partial charge in [-0.1, -0.05) is 6.07 Å². The molecule has 3 heterocycles. The normalized spacial score (nSPS) is 14.2. The molecule has 1 aromatic carbocycles. The van der Waals surface area contributed by atoms with E-state index < -0.39 is 0 Å². The lowest BCUT2D eigenvalue weighted by atomic mass is 10.1. The molecule has 1 fully saturated rings. The number of rotatable bonds is 3. The van der Waals surface area contributed by atoms with E-state index in [9.17, 15) is 4.79 Å². The number of hydrogen-bond donors (Lipinski definition) is 1. The van der Waals surface area contributed by atoms with E-state index in [1.807, 2.05) is 62.1 Å². The van der Waals surface area contributed by atoms with Crippen molar-refractivity contribution >= 4 is 33.5 Å². The molecule has 1 aliphatic carbocycles. The van der Waals surface area contributed by atoms with Crippen LogP contribution >= 0.6 is 0 Å². The smallest absolute Gasteiger partial charge is 0.256 e. The minimum atomic E-state index is -0.114. The molecule has 3 aromatic heterocycles. The summed E-state index contributed by atoms with van der Waals surface area (Å²) in [5.74, 6) is 0.352. The van der Waals surface area contributed by atoms with Crippen LogP contribution in [0.25, 0.3) is 21.9 Å². The van der Waals surface area contributed by atoms with E-state index in [1.54, 1.807) is 4.68 Å². The van der Waals surface area contributed by atoms with Gasteiger partial charge in [0.1, 0.15) is 0 Å². The van der Waals surface area contributed by atoms with E-state index in [0.717, 1.165) is 51.9 Å². The third-order valence-corrected chi connectivity index (χ3v) is 5.40. The van der Waals surface area contributed by atoms with Crippen LogP contribution in [0.2, 0.25) is 0 Å². The van der Waals surface area contributed by atoms with Crippen LogP contribution in [0.5, 0.6) is 0 Å². The summed E-state index contributed by atoms with van der Waals surface area (Å²) in [6.07, 6.45) is 4.28. The number of aromatic nitrogens is 4. The number of pyridine rings is 1. The average molecular weight is 359 g/mol. The SMILES string of the molecule is Cc1nn(C)c2nc(C3CC3)cc(C(=O)Nc3cccc4c3ccn4C)c12. The summed E-state index contributed by atoms with van der Waals surface area (Å²) in [5.41, 5.74) is 5.15. The van der Waals surface area contributed by atoms with Crippen LogP contribution in [0.15, 0.2) is 36.5 Å². The molecule has 0 aliphatic heterocycles. The highest BCUT2D eigenvalue weighted by atomic mass is 16.1. The molecule has 0 atom stereocenters. The van der Waals surface area contributed by atoms with Crippen LogP contribution in [-0.4, -0.2) is 25.2 Å². The number of anilines is 1. The first kappa shape index (κ1) is 16.1. The number of hydrogen-bond acceptors (Lipinski definition) is 3. The molecule has 1 amide bonds. The summed E-state index contributed by atoms with van der Waals surface area (Å²) < 4.78 is 3.82. The van der Waals surface area contributed by atoms with Gasteiger partial charge in [-0.2, -0.15) is 5.10 Å². The predicted octanol–water partition coefficient (Wildman–Crippen LogP) is 3.90. The monoisotopic (exact) mass is 359 g/mol. The molecular weight excluding hydrogens is 338 g/mol. The number of nitrogens with zero attached hydrogens (tertiary/aromatic N) is 4. The molecule has 136 valence electrons. The van der Waals surface area contributed by atoms with Gasteiger partial charge in [-0.25, -0.2) is 4.98 Å². The first-order chi connectivity index (χ1) is 13.0. The van der Waals surface area contributed by atoms with E-state index in [0.29, 0.717) is 11.5 Å². The fourth-order valence-electron chi connectivity index (χ4n) is 3.83. The lowest BCUT2D eigenvalue weighted by Crippen LogP contribution is -2.14. The molecule has 6 heteroatoms. The Morgan fingerprint density at radius 2 is 2.04 bits per heavy atom. The van der Waals surface area contributed by atoms with E-state index in [4.69, 9.17) is 4.98 Å². The molecule has 0 unspecified atom stereocenters. The lowest BCUT2D eigenvalue weighted by Gasteiger charge is -2.10. The van der Waals surface area contributed by atoms with Gasteiger partial charge in [-0.3, -0.25) is 9.48 Å². The fraction of sp³-hybridized carbons (Fsp3) is 0.286. The second kappa shape index (κ2) is 5.67. The Hall–Kier alpha value is -3.15. The summed E-state index contributed by atoms with van der Waals surface area (Å²) in [4.78, 5) is 18.0. The number of amides is 1. The Morgan fingerprint density at radius 3 is 2.81 bits per heavy atom. The lowest BCUT2D eigenvalue weighted by molar-refractivity contribution is 0.102. The zero-order chi connectivity index (χ0) is 18.7. The van der Waals surface area contributed by atoms with Crippen LogP contribution in [0.4, 0.5) is 5.69 Å². The third-order valence-electron chi connectivity index (χ3n) is 5.40. The van der Waals surface area contributed by atoms with Gasteiger partial charge in [-0.05, 0) is 44.0 Å². The van der Waals surface area contributed by atoms with Crippen LogP contribution in [0.1, 0.15) is 40.5 Å². The summed E-state index contributed by atoms with van der Waals surface area (Å²) >= 11 is 0. The molecule has 4 aromatic rings. The van der Waals surface area contributed by atoms with Crippen molar-refractivity contribution < 1.29 is 4.79 Å². The van der Waals surface area contributed by atoms with Crippen molar-refractivity contribution in [3.63, 3.8) is 0 Å². The van der Waals surface area contributed by atoms with Gasteiger partial charge in [0, 0.05) is 42.8 Å². The molecular formula is C21H21N5O. The van der Waals surface area contributed by atoms with Crippen LogP contribution in [-0.2, 0) is 14.1 Å². The maximum atomic E-state index is 13.3. The largest absolute Gasteiger partial charge is 0.350 e. The second-order valence-corrected chi connectivity index (χ2v) is 7.40. The second-order valence-electron chi connectivity index (χ2n) is 7.40. The summed E-state index contributed by atoms with van der Waals surface area (Å²) in [5, 5.41) is 9.46. The molecule has 0 spiro atoms. The van der Waals surface area contributed by atoms with Crippen molar-refractivity contribution in [2.45, 2.75) is 25.7 Å². The Labute approximate surface area is 156 Å². The first-order valence-corrected chi connectivity index (χ1v) is 9.22. The number of aryl methyl sites for hydroxylation is 3. The van der Waals surface area contributed by atoms with Crippen molar-refractivity contribution in [3.8, 4) is 0 Å². The molecule has 5 rings (SSSR count). The van der Waals surface area contributed by atoms with Gasteiger partial charge in [0.15, 0.2) is 5.65 Å². The molecule has 0 bridgehead atoms. The highest BCUT2D eigenvalue weighted by Gasteiger charge is 2.28. The standard InChI is InChI=1S/C21H21N5O/c1-12-19-15(11-17(13-7-8-13)22-20(19)26(3)24-12)21(27)23-16-5-4-6-18-14(16)9-10-25(18)2/h4-6,9-11,13H,7-8H2,1-3H3,(H,23,27). The van der Waals surface area contributed by atoms with Crippen molar-refractivity contribution in [1.29, 1.82) is 0 Å². The van der Waals surface area contributed by atoms with Gasteiger partial charge < -0.3 is 9.88 Å². The summed E-state index contributed by atoms with van der Waals surface area (Å²) in [6, 6.07) is 9.93. The average Bonchev–Trinajstić information content (AvgIpc) is 3.38. The quantitative estimate of drug-likeness (QED) is 0.603. The number of nitrogens with one attached hydrogen (secondary N) is 1. The predicted molar refractivity (Wildman–Crippen MR) is 106 cm³/mol. The first-order valence-electron chi connectivity index (χ1n) is 9.22. The number of carbonyl (C=O) groups excluding carboxylic acids is 1. The highest BCUT2D eigenvalue weighted by molar-refractivity contribution is 6.15. The molecule has 6 nitrogen and oxygen atoms in total. The minimum absolute atomic E-state index is 0.114. The van der Waals surface area contributed by atoms with Crippen molar-refractivity contribution in [1.82, 2.24) is 19.3 Å². The van der Waals surface area contributed by atoms with Gasteiger partial charge in [0.05, 0.1) is 22.3 Å². The van der Waals surface area contributed by atoms with Crippen molar-refractivity contribution in [2.24, 2.45) is 14.1 Å². The molecule has 1 saturated carbocycles. The van der Waals surface area contributed by atoms with Gasteiger partial charge in [-0.15, -0.1) is 0 Å². The Balaban J connectivity index is 1.63. The molecule has 1 aliphatic rings. The number of carbonyl (C=O) groups is 1. The van der Waals surface area contributed by atoms with Crippen molar-refractivity contribution in [3.05, 3.63) is 53.5 Å². The summed E-state index contributed by atoms with van der Waals surface area (Å²) in [6.45, 7) is 1.93. The number of benzene rings is 1. The van der Waals surface area contributed by atoms with Crippen LogP contribution in [0, 0.1) is 6.92 Å². The maximum absolute atomic E-state index is 13.3. The molecule has 27 heavy (non-hydrogen) atoms. The Bertz CT molecular complexity index is 1210. The zero-order valence-electron chi connectivity index (χ0n) is 15.7. The fourth-order valence-corrected chi connectivity index (χ4v) is 3.83. The maximum Gasteiger partial charge on any atom is 0.256 e. The third kappa shape index (κ3) is 2.51. The topological polar surface area (TPSA) is 64.7 Å². The zero-order valence-corrected chi connectivity index (χ0v) is 15.7. The van der Waals surface area contributed by atoms with Gasteiger partial charge >= 0.3 is 0 Å². The van der Waals surface area contributed by atoms with E-state index in [2.05, 4.69) is 10.4 Å². The van der Waals surface area contributed by atoms with E-state index >= 15 is 0 Å². The highest BCUT2D eigenvalue weighted by Crippen LogP contribution is 2.40. The van der Waals surface area contributed by atoms with Gasteiger partial charge in [0.2, 0.25) is 0 Å². The van der Waals surface area contributed by atoms with E-state index in [1.165, 1.54) is 0 Å². The van der Waals surface area contributed by atoms with Crippen LogP contribution < -0.4 is 5.32 Å². The Kier molecular flexibility index (Phi) is 3.37. The Morgan fingerprint density at radius 1 is 1.22 bits per heavy atom. The van der Waals surface area contributed by atoms with Crippen molar-refractivity contribution in [2.75, 3.05) is 5.32 Å². The number of fused-ring (bicyclic) bond motifs is 2.